The van der Waals surface area contributed by atoms with E-state index in [0.29, 0.717) is 19.6 Å². The lowest BCUT2D eigenvalue weighted by molar-refractivity contribution is -0.132. The summed E-state index contributed by atoms with van der Waals surface area (Å²) >= 11 is 0. The van der Waals surface area contributed by atoms with Crippen molar-refractivity contribution in [2.75, 3.05) is 20.1 Å². The third-order valence-electron chi connectivity index (χ3n) is 4.29. The fourth-order valence-electron chi connectivity index (χ4n) is 2.89. The predicted molar refractivity (Wildman–Crippen MR) is 88.4 cm³/mol. The van der Waals surface area contributed by atoms with E-state index in [2.05, 4.69) is 10.00 Å². The van der Waals surface area contributed by atoms with Crippen molar-refractivity contribution < 1.29 is 9.21 Å². The van der Waals surface area contributed by atoms with Crippen molar-refractivity contribution in [1.82, 2.24) is 19.6 Å². The van der Waals surface area contributed by atoms with Crippen LogP contribution in [0.3, 0.4) is 0 Å². The highest BCUT2D eigenvalue weighted by molar-refractivity contribution is 5.78. The monoisotopic (exact) mass is 330 g/mol. The topological polar surface area (TPSA) is 71.6 Å². The lowest BCUT2D eigenvalue weighted by Crippen LogP contribution is -2.41. The standard InChI is InChI=1S/C17H22N4O3/c1-12-4-5-14(24-12)10-19(2)17(23)11-21-7-6-15-13(9-21)8-16(22)20(3)18-15/h4-5,8H,6-7,9-11H2,1-3H3. The fraction of sp³-hybridized carbons (Fsp3) is 0.471. The highest BCUT2D eigenvalue weighted by atomic mass is 16.3. The molecule has 0 spiro atoms. The molecule has 7 heteroatoms. The van der Waals surface area contributed by atoms with Crippen LogP contribution in [0.5, 0.6) is 0 Å². The second-order valence-corrected chi connectivity index (χ2v) is 6.30. The first-order valence-electron chi connectivity index (χ1n) is 8.00. The Labute approximate surface area is 140 Å². The summed E-state index contributed by atoms with van der Waals surface area (Å²) in [6.07, 6.45) is 0.748. The van der Waals surface area contributed by atoms with Crippen LogP contribution >= 0.6 is 0 Å². The van der Waals surface area contributed by atoms with Gasteiger partial charge in [0, 0.05) is 39.7 Å². The van der Waals surface area contributed by atoms with Gasteiger partial charge in [-0.2, -0.15) is 5.10 Å². The first kappa shape index (κ1) is 16.4. The van der Waals surface area contributed by atoms with Gasteiger partial charge in [-0.1, -0.05) is 0 Å². The van der Waals surface area contributed by atoms with E-state index in [1.165, 1.54) is 4.68 Å². The van der Waals surface area contributed by atoms with Crippen LogP contribution in [0.2, 0.25) is 0 Å². The Kier molecular flexibility index (Phi) is 4.53. The highest BCUT2D eigenvalue weighted by Crippen LogP contribution is 2.15. The third-order valence-corrected chi connectivity index (χ3v) is 4.29. The van der Waals surface area contributed by atoms with Gasteiger partial charge in [-0.25, -0.2) is 4.68 Å². The summed E-state index contributed by atoms with van der Waals surface area (Å²) < 4.78 is 6.87. The molecular weight excluding hydrogens is 308 g/mol. The van der Waals surface area contributed by atoms with Gasteiger partial charge >= 0.3 is 0 Å². The smallest absolute Gasteiger partial charge is 0.266 e. The summed E-state index contributed by atoms with van der Waals surface area (Å²) in [7, 11) is 3.43. The molecule has 0 bridgehead atoms. The van der Waals surface area contributed by atoms with Crippen molar-refractivity contribution in [3.05, 3.63) is 51.3 Å². The second-order valence-electron chi connectivity index (χ2n) is 6.30. The van der Waals surface area contributed by atoms with E-state index in [9.17, 15) is 9.59 Å². The number of carbonyl (C=O) groups is 1. The lowest BCUT2D eigenvalue weighted by Gasteiger charge is -2.29. The van der Waals surface area contributed by atoms with Gasteiger partial charge < -0.3 is 9.32 Å². The van der Waals surface area contributed by atoms with Gasteiger partial charge in [0.15, 0.2) is 0 Å². The summed E-state index contributed by atoms with van der Waals surface area (Å²) in [6, 6.07) is 5.40. The number of rotatable bonds is 4. The predicted octanol–water partition coefficient (Wildman–Crippen LogP) is 0.698. The maximum atomic E-state index is 12.4. The van der Waals surface area contributed by atoms with E-state index >= 15 is 0 Å². The Balaban J connectivity index is 1.60. The van der Waals surface area contributed by atoms with E-state index in [1.807, 2.05) is 19.1 Å². The van der Waals surface area contributed by atoms with Crippen LogP contribution in [0.15, 0.2) is 27.4 Å². The molecule has 0 atom stereocenters. The number of amides is 1. The number of hydrogen-bond donors (Lipinski definition) is 0. The van der Waals surface area contributed by atoms with Crippen LogP contribution in [-0.4, -0.2) is 45.6 Å². The first-order chi connectivity index (χ1) is 11.4. The number of hydrogen-bond acceptors (Lipinski definition) is 5. The van der Waals surface area contributed by atoms with Gasteiger partial charge in [0.05, 0.1) is 18.8 Å². The Morgan fingerprint density at radius 3 is 2.92 bits per heavy atom. The molecule has 1 aliphatic rings. The zero-order chi connectivity index (χ0) is 17.3. The molecule has 128 valence electrons. The van der Waals surface area contributed by atoms with Crippen LogP contribution in [0, 0.1) is 6.92 Å². The van der Waals surface area contributed by atoms with Crippen LogP contribution < -0.4 is 5.56 Å². The van der Waals surface area contributed by atoms with Gasteiger partial charge in [-0.05, 0) is 24.6 Å². The van der Waals surface area contributed by atoms with E-state index in [4.69, 9.17) is 4.42 Å². The van der Waals surface area contributed by atoms with Gasteiger partial charge in [-0.15, -0.1) is 0 Å². The number of nitrogens with zero attached hydrogens (tertiary/aromatic N) is 4. The molecular formula is C17H22N4O3. The molecule has 24 heavy (non-hydrogen) atoms. The average molecular weight is 330 g/mol. The van der Waals surface area contributed by atoms with E-state index in [1.54, 1.807) is 25.1 Å². The summed E-state index contributed by atoms with van der Waals surface area (Å²) in [4.78, 5) is 27.9. The molecule has 0 aliphatic carbocycles. The second kappa shape index (κ2) is 6.60. The van der Waals surface area contributed by atoms with Crippen LogP contribution in [0.1, 0.15) is 22.8 Å². The Morgan fingerprint density at radius 2 is 2.21 bits per heavy atom. The maximum absolute atomic E-state index is 12.4. The minimum absolute atomic E-state index is 0.0318. The normalized spacial score (nSPS) is 14.5. The van der Waals surface area contributed by atoms with Crippen molar-refractivity contribution in [3.8, 4) is 0 Å². The Hall–Kier alpha value is -2.41. The quantitative estimate of drug-likeness (QED) is 0.825. The number of aryl methyl sites for hydroxylation is 2. The zero-order valence-corrected chi connectivity index (χ0v) is 14.3. The van der Waals surface area contributed by atoms with Gasteiger partial charge in [-0.3, -0.25) is 14.5 Å². The number of fused-ring (bicyclic) bond motifs is 1. The number of carbonyl (C=O) groups excluding carboxylic acids is 1. The number of aromatic nitrogens is 2. The zero-order valence-electron chi connectivity index (χ0n) is 14.3. The SMILES string of the molecule is Cc1ccc(CN(C)C(=O)CN2CCc3nn(C)c(=O)cc3C2)o1. The van der Waals surface area contributed by atoms with Crippen molar-refractivity contribution in [2.24, 2.45) is 7.05 Å². The highest BCUT2D eigenvalue weighted by Gasteiger charge is 2.22. The largest absolute Gasteiger partial charge is 0.464 e. The van der Waals surface area contributed by atoms with Crippen LogP contribution in [-0.2, 0) is 31.4 Å². The first-order valence-corrected chi connectivity index (χ1v) is 8.00. The molecule has 0 unspecified atom stereocenters. The van der Waals surface area contributed by atoms with E-state index in [-0.39, 0.29) is 11.5 Å². The van der Waals surface area contributed by atoms with Gasteiger partial charge in [0.25, 0.3) is 5.56 Å². The van der Waals surface area contributed by atoms with Gasteiger partial charge in [0.2, 0.25) is 5.91 Å². The Morgan fingerprint density at radius 1 is 1.42 bits per heavy atom. The fourth-order valence-corrected chi connectivity index (χ4v) is 2.89. The molecule has 7 nitrogen and oxygen atoms in total. The summed E-state index contributed by atoms with van der Waals surface area (Å²) in [5.41, 5.74) is 1.74. The summed E-state index contributed by atoms with van der Waals surface area (Å²) in [5, 5.41) is 4.29. The van der Waals surface area contributed by atoms with Crippen molar-refractivity contribution in [1.29, 1.82) is 0 Å². The molecule has 0 N–H and O–H groups in total. The van der Waals surface area contributed by atoms with Crippen molar-refractivity contribution in [2.45, 2.75) is 26.4 Å². The van der Waals surface area contributed by atoms with Gasteiger partial charge in [0.1, 0.15) is 11.5 Å². The van der Waals surface area contributed by atoms with Crippen LogP contribution in [0.25, 0.3) is 0 Å². The molecule has 0 saturated carbocycles. The maximum Gasteiger partial charge on any atom is 0.266 e. The molecule has 3 rings (SSSR count). The molecule has 2 aromatic rings. The summed E-state index contributed by atoms with van der Waals surface area (Å²) in [5.74, 6) is 1.65. The Bertz CT molecular complexity index is 808. The number of likely N-dealkylation sites (N-methyl/N-ethyl adjacent to an activating group) is 1. The molecule has 0 aromatic carbocycles. The van der Waals surface area contributed by atoms with E-state index < -0.39 is 0 Å². The third kappa shape index (κ3) is 3.56. The minimum atomic E-state index is -0.118. The van der Waals surface area contributed by atoms with E-state index in [0.717, 1.165) is 35.7 Å². The van der Waals surface area contributed by atoms with Crippen molar-refractivity contribution in [3.63, 3.8) is 0 Å². The average Bonchev–Trinajstić information content (AvgIpc) is 2.93. The van der Waals surface area contributed by atoms with Crippen molar-refractivity contribution >= 4 is 5.91 Å². The molecule has 0 saturated heterocycles. The molecule has 0 fully saturated rings. The number of furan rings is 1. The minimum Gasteiger partial charge on any atom is -0.464 e. The molecule has 2 aromatic heterocycles. The lowest BCUT2D eigenvalue weighted by atomic mass is 10.1. The molecule has 1 aliphatic heterocycles. The molecule has 3 heterocycles. The summed E-state index contributed by atoms with van der Waals surface area (Å²) in [6.45, 7) is 4.01. The molecule has 0 radical (unpaired) electrons. The molecule has 1 amide bonds. The van der Waals surface area contributed by atoms with Crippen LogP contribution in [0.4, 0.5) is 0 Å².